The predicted octanol–water partition coefficient (Wildman–Crippen LogP) is 2.44. The first-order valence-corrected chi connectivity index (χ1v) is 6.25. The monoisotopic (exact) mass is 268 g/mol. The number of carbonyl (C=O) groups excluding carboxylic acids is 1. The van der Waals surface area contributed by atoms with Crippen molar-refractivity contribution < 1.29 is 9.53 Å². The summed E-state index contributed by atoms with van der Waals surface area (Å²) in [6.07, 6.45) is 0.642. The number of aryl methyl sites for hydroxylation is 1. The summed E-state index contributed by atoms with van der Waals surface area (Å²) < 4.78 is 5.72. The second kappa shape index (κ2) is 6.52. The van der Waals surface area contributed by atoms with Gasteiger partial charge in [-0.25, -0.2) is 0 Å². The predicted molar refractivity (Wildman–Crippen MR) is 78.7 cm³/mol. The van der Waals surface area contributed by atoms with E-state index in [0.29, 0.717) is 24.2 Å². The average Bonchev–Trinajstić information content (AvgIpc) is 2.50. The van der Waals surface area contributed by atoms with Crippen molar-refractivity contribution in [1.29, 1.82) is 0 Å². The number of rotatable bonds is 5. The lowest BCUT2D eigenvalue weighted by molar-refractivity contribution is -0.102. The van der Waals surface area contributed by atoms with Crippen LogP contribution in [0.5, 0.6) is 5.75 Å². The Hall–Kier alpha value is -2.62. The molecule has 0 aliphatic rings. The van der Waals surface area contributed by atoms with Crippen LogP contribution in [-0.2, 0) is 11.4 Å². The maximum absolute atomic E-state index is 10.9. The molecule has 0 aliphatic heterocycles. The van der Waals surface area contributed by atoms with Gasteiger partial charge in [0, 0.05) is 5.56 Å². The highest BCUT2D eigenvalue weighted by Crippen LogP contribution is 2.19. The first-order valence-electron chi connectivity index (χ1n) is 6.25. The molecule has 0 saturated heterocycles. The molecule has 0 amide bonds. The summed E-state index contributed by atoms with van der Waals surface area (Å²) in [4.78, 5) is 10.9. The topological polar surface area (TPSA) is 64.7 Å². The summed E-state index contributed by atoms with van der Waals surface area (Å²) in [6, 6.07) is 15.4. The Morgan fingerprint density at radius 3 is 2.65 bits per heavy atom. The van der Waals surface area contributed by atoms with Gasteiger partial charge in [-0.1, -0.05) is 36.4 Å². The average molecular weight is 268 g/mol. The number of nitrogens with zero attached hydrogens (tertiary/aromatic N) is 1. The summed E-state index contributed by atoms with van der Waals surface area (Å²) >= 11 is 0. The fourth-order valence-corrected chi connectivity index (χ4v) is 1.87. The maximum atomic E-state index is 10.9. The van der Waals surface area contributed by atoms with Crippen LogP contribution in [0.4, 0.5) is 0 Å². The highest BCUT2D eigenvalue weighted by atomic mass is 16.5. The molecule has 4 nitrogen and oxygen atoms in total. The van der Waals surface area contributed by atoms with Crippen molar-refractivity contribution >= 4 is 12.0 Å². The van der Waals surface area contributed by atoms with Crippen molar-refractivity contribution in [2.75, 3.05) is 0 Å². The molecular formula is C16H16N2O2. The van der Waals surface area contributed by atoms with Gasteiger partial charge in [-0.15, -0.1) is 0 Å². The van der Waals surface area contributed by atoms with Gasteiger partial charge in [0.05, 0.1) is 0 Å². The fourth-order valence-electron chi connectivity index (χ4n) is 1.87. The van der Waals surface area contributed by atoms with Crippen LogP contribution >= 0.6 is 0 Å². The molecule has 2 N–H and O–H groups in total. The lowest BCUT2D eigenvalue weighted by Crippen LogP contribution is -2.08. The molecule has 0 heterocycles. The lowest BCUT2D eigenvalue weighted by Gasteiger charge is -2.09. The van der Waals surface area contributed by atoms with E-state index < -0.39 is 0 Å². The normalized spacial score (nSPS) is 11.2. The van der Waals surface area contributed by atoms with Gasteiger partial charge in [0.25, 0.3) is 0 Å². The summed E-state index contributed by atoms with van der Waals surface area (Å²) in [7, 11) is 0. The third kappa shape index (κ3) is 3.23. The number of carbonyl (C=O) groups is 1. The number of hydrogen-bond acceptors (Lipinski definition) is 4. The van der Waals surface area contributed by atoms with Crippen molar-refractivity contribution in [1.82, 2.24) is 0 Å². The molecule has 2 rings (SSSR count). The van der Waals surface area contributed by atoms with Crippen molar-refractivity contribution in [3.8, 4) is 5.75 Å². The molecule has 0 saturated carbocycles. The van der Waals surface area contributed by atoms with E-state index in [2.05, 4.69) is 5.10 Å². The molecule has 0 fully saturated rings. The molecule has 0 radical (unpaired) electrons. The summed E-state index contributed by atoms with van der Waals surface area (Å²) in [5.74, 6) is 5.89. The highest BCUT2D eigenvalue weighted by Gasteiger charge is 2.08. The van der Waals surface area contributed by atoms with Crippen molar-refractivity contribution in [3.05, 3.63) is 65.2 Å². The van der Waals surface area contributed by atoms with Gasteiger partial charge in [0.15, 0.2) is 6.29 Å². The minimum Gasteiger partial charge on any atom is -0.489 e. The molecule has 0 spiro atoms. The SMILES string of the molecule is Cc1ccc(OCc2ccccc2)cc1/C(C=O)=N\N. The molecule has 0 aliphatic carbocycles. The minimum absolute atomic E-state index is 0.215. The zero-order valence-corrected chi connectivity index (χ0v) is 11.2. The first kappa shape index (κ1) is 13.8. The van der Waals surface area contributed by atoms with Crippen molar-refractivity contribution in [3.63, 3.8) is 0 Å². The number of ether oxygens (including phenoxy) is 1. The van der Waals surface area contributed by atoms with E-state index in [0.717, 1.165) is 11.1 Å². The van der Waals surface area contributed by atoms with Crippen molar-refractivity contribution in [2.24, 2.45) is 10.9 Å². The Kier molecular flexibility index (Phi) is 4.50. The van der Waals surface area contributed by atoms with Crippen LogP contribution in [0, 0.1) is 6.92 Å². The third-order valence-electron chi connectivity index (χ3n) is 2.98. The summed E-state index contributed by atoms with van der Waals surface area (Å²) in [5, 5.41) is 3.49. The molecule has 0 unspecified atom stereocenters. The quantitative estimate of drug-likeness (QED) is 0.392. The van der Waals surface area contributed by atoms with Crippen LogP contribution in [0.3, 0.4) is 0 Å². The first-order chi connectivity index (χ1) is 9.74. The van der Waals surface area contributed by atoms with Crippen LogP contribution in [0.1, 0.15) is 16.7 Å². The Labute approximate surface area is 117 Å². The molecule has 4 heteroatoms. The second-order valence-electron chi connectivity index (χ2n) is 4.38. The molecule has 0 bridgehead atoms. The Bertz CT molecular complexity index is 622. The van der Waals surface area contributed by atoms with Crippen LogP contribution in [0.2, 0.25) is 0 Å². The van der Waals surface area contributed by atoms with Crippen LogP contribution in [0.15, 0.2) is 53.6 Å². The van der Waals surface area contributed by atoms with Crippen LogP contribution in [0.25, 0.3) is 0 Å². The molecule has 0 atom stereocenters. The lowest BCUT2D eigenvalue weighted by atomic mass is 10.0. The van der Waals surface area contributed by atoms with Gasteiger partial charge in [-0.3, -0.25) is 4.79 Å². The fraction of sp³-hybridized carbons (Fsp3) is 0.125. The van der Waals surface area contributed by atoms with Gasteiger partial charge in [-0.2, -0.15) is 5.10 Å². The number of aldehydes is 1. The number of hydrogen-bond donors (Lipinski definition) is 1. The van der Waals surface area contributed by atoms with E-state index in [1.54, 1.807) is 6.07 Å². The smallest absolute Gasteiger partial charge is 0.170 e. The van der Waals surface area contributed by atoms with Crippen LogP contribution in [-0.4, -0.2) is 12.0 Å². The van der Waals surface area contributed by atoms with E-state index in [9.17, 15) is 4.79 Å². The number of benzene rings is 2. The third-order valence-corrected chi connectivity index (χ3v) is 2.98. The summed E-state index contributed by atoms with van der Waals surface area (Å²) in [6.45, 7) is 2.37. The molecule has 2 aromatic carbocycles. The van der Waals surface area contributed by atoms with Gasteiger partial charge in [-0.05, 0) is 30.2 Å². The molecule has 2 aromatic rings. The zero-order valence-electron chi connectivity index (χ0n) is 11.2. The largest absolute Gasteiger partial charge is 0.489 e. The number of hydrazone groups is 1. The maximum Gasteiger partial charge on any atom is 0.170 e. The minimum atomic E-state index is 0.215. The van der Waals surface area contributed by atoms with E-state index in [-0.39, 0.29) is 5.71 Å². The van der Waals surface area contributed by atoms with Gasteiger partial charge in [0.1, 0.15) is 18.1 Å². The highest BCUT2D eigenvalue weighted by molar-refractivity contribution is 6.36. The van der Waals surface area contributed by atoms with Gasteiger partial charge in [0.2, 0.25) is 0 Å². The Balaban J connectivity index is 2.17. The van der Waals surface area contributed by atoms with Gasteiger partial charge >= 0.3 is 0 Å². The summed E-state index contributed by atoms with van der Waals surface area (Å²) in [5.41, 5.74) is 2.91. The van der Waals surface area contributed by atoms with Gasteiger partial charge < -0.3 is 10.6 Å². The van der Waals surface area contributed by atoms with E-state index in [1.807, 2.05) is 49.4 Å². The molecule has 20 heavy (non-hydrogen) atoms. The Morgan fingerprint density at radius 1 is 1.25 bits per heavy atom. The van der Waals surface area contributed by atoms with E-state index in [4.69, 9.17) is 10.6 Å². The van der Waals surface area contributed by atoms with E-state index in [1.165, 1.54) is 0 Å². The van der Waals surface area contributed by atoms with E-state index >= 15 is 0 Å². The molecular weight excluding hydrogens is 252 g/mol. The number of nitrogens with two attached hydrogens (primary N) is 1. The Morgan fingerprint density at radius 2 is 2.00 bits per heavy atom. The molecule has 0 aromatic heterocycles. The zero-order chi connectivity index (χ0) is 14.4. The standard InChI is InChI=1S/C16H16N2O2/c1-12-7-8-14(9-15(12)16(10-19)18-17)20-11-13-5-3-2-4-6-13/h2-10H,11,17H2,1H3/b18-16-. The van der Waals surface area contributed by atoms with Crippen LogP contribution < -0.4 is 10.6 Å². The second-order valence-corrected chi connectivity index (χ2v) is 4.38. The van der Waals surface area contributed by atoms with Crippen molar-refractivity contribution in [2.45, 2.75) is 13.5 Å². The molecule has 102 valence electrons.